The van der Waals surface area contributed by atoms with Crippen molar-refractivity contribution in [3.63, 3.8) is 0 Å². The van der Waals surface area contributed by atoms with E-state index < -0.39 is 0 Å². The van der Waals surface area contributed by atoms with Gasteiger partial charge in [-0.05, 0) is 19.2 Å². The molecule has 94 valence electrons. The SMILES string of the molecule is CN1CCN(CCNCc2ccccn2)CC1. The quantitative estimate of drug-likeness (QED) is 0.748. The Kier molecular flexibility index (Phi) is 4.91. The molecule has 1 aromatic rings. The molecule has 0 aromatic carbocycles. The zero-order valence-electron chi connectivity index (χ0n) is 10.6. The van der Waals surface area contributed by atoms with Crippen molar-refractivity contribution >= 4 is 0 Å². The molecule has 0 aliphatic carbocycles. The second-order valence-corrected chi connectivity index (χ2v) is 4.64. The van der Waals surface area contributed by atoms with E-state index in [1.807, 2.05) is 18.3 Å². The Hall–Kier alpha value is -0.970. The van der Waals surface area contributed by atoms with E-state index in [0.29, 0.717) is 0 Å². The molecule has 0 atom stereocenters. The van der Waals surface area contributed by atoms with E-state index in [1.165, 1.54) is 26.2 Å². The molecule has 0 unspecified atom stereocenters. The van der Waals surface area contributed by atoms with Gasteiger partial charge in [-0.25, -0.2) is 0 Å². The highest BCUT2D eigenvalue weighted by atomic mass is 15.2. The summed E-state index contributed by atoms with van der Waals surface area (Å²) in [6.45, 7) is 7.83. The molecule has 1 fully saturated rings. The van der Waals surface area contributed by atoms with Gasteiger partial charge < -0.3 is 10.2 Å². The monoisotopic (exact) mass is 234 g/mol. The molecule has 0 bridgehead atoms. The van der Waals surface area contributed by atoms with E-state index >= 15 is 0 Å². The van der Waals surface area contributed by atoms with Crippen molar-refractivity contribution in [3.8, 4) is 0 Å². The second-order valence-electron chi connectivity index (χ2n) is 4.64. The number of pyridine rings is 1. The van der Waals surface area contributed by atoms with Gasteiger partial charge in [0.15, 0.2) is 0 Å². The molecule has 1 N–H and O–H groups in total. The number of hydrogen-bond donors (Lipinski definition) is 1. The Balaban J connectivity index is 1.57. The van der Waals surface area contributed by atoms with E-state index in [0.717, 1.165) is 25.3 Å². The predicted molar refractivity (Wildman–Crippen MR) is 69.9 cm³/mol. The van der Waals surface area contributed by atoms with Crippen LogP contribution in [0.3, 0.4) is 0 Å². The molecule has 0 amide bonds. The molecule has 1 aliphatic heterocycles. The van der Waals surface area contributed by atoms with Crippen molar-refractivity contribution in [1.29, 1.82) is 0 Å². The topological polar surface area (TPSA) is 31.4 Å². The average Bonchev–Trinajstić information content (AvgIpc) is 2.38. The Bertz CT molecular complexity index is 306. The van der Waals surface area contributed by atoms with E-state index in [2.05, 4.69) is 33.2 Å². The van der Waals surface area contributed by atoms with Gasteiger partial charge in [-0.1, -0.05) is 6.07 Å². The minimum Gasteiger partial charge on any atom is -0.310 e. The standard InChI is InChI=1S/C13H22N4/c1-16-8-10-17(11-9-16)7-6-14-12-13-4-2-3-5-15-13/h2-5,14H,6-12H2,1H3. The molecule has 1 aliphatic rings. The average molecular weight is 234 g/mol. The number of piperazine rings is 1. The molecule has 0 saturated carbocycles. The van der Waals surface area contributed by atoms with Gasteiger partial charge in [0.1, 0.15) is 0 Å². The molecule has 2 rings (SSSR count). The molecule has 17 heavy (non-hydrogen) atoms. The molecule has 0 radical (unpaired) electrons. The van der Waals surface area contributed by atoms with Crippen LogP contribution in [0.2, 0.25) is 0 Å². The number of likely N-dealkylation sites (N-methyl/N-ethyl adjacent to an activating group) is 1. The third kappa shape index (κ3) is 4.42. The third-order valence-corrected chi connectivity index (χ3v) is 3.23. The lowest BCUT2D eigenvalue weighted by Crippen LogP contribution is -2.46. The summed E-state index contributed by atoms with van der Waals surface area (Å²) >= 11 is 0. The first-order valence-electron chi connectivity index (χ1n) is 6.36. The van der Waals surface area contributed by atoms with Crippen LogP contribution >= 0.6 is 0 Å². The van der Waals surface area contributed by atoms with E-state index in [1.54, 1.807) is 0 Å². The van der Waals surface area contributed by atoms with Crippen molar-refractivity contribution in [3.05, 3.63) is 30.1 Å². The molecule has 1 saturated heterocycles. The van der Waals surface area contributed by atoms with Crippen LogP contribution in [-0.2, 0) is 6.54 Å². The van der Waals surface area contributed by atoms with E-state index in [-0.39, 0.29) is 0 Å². The number of nitrogens with one attached hydrogen (secondary N) is 1. The minimum absolute atomic E-state index is 0.870. The molecular weight excluding hydrogens is 212 g/mol. The Morgan fingerprint density at radius 2 is 2.06 bits per heavy atom. The largest absolute Gasteiger partial charge is 0.310 e. The lowest BCUT2D eigenvalue weighted by molar-refractivity contribution is 0.154. The van der Waals surface area contributed by atoms with Crippen LogP contribution in [0.4, 0.5) is 0 Å². The van der Waals surface area contributed by atoms with Crippen LogP contribution in [0.5, 0.6) is 0 Å². The van der Waals surface area contributed by atoms with Gasteiger partial charge in [0.25, 0.3) is 0 Å². The van der Waals surface area contributed by atoms with Crippen LogP contribution in [0.25, 0.3) is 0 Å². The maximum absolute atomic E-state index is 4.29. The van der Waals surface area contributed by atoms with Crippen LogP contribution in [-0.4, -0.2) is 61.1 Å². The summed E-state index contributed by atoms with van der Waals surface area (Å²) in [4.78, 5) is 9.20. The first kappa shape index (κ1) is 12.5. The van der Waals surface area contributed by atoms with Crippen molar-refractivity contribution in [1.82, 2.24) is 20.1 Å². The summed E-state index contributed by atoms with van der Waals surface area (Å²) in [6, 6.07) is 6.04. The van der Waals surface area contributed by atoms with E-state index in [4.69, 9.17) is 0 Å². The summed E-state index contributed by atoms with van der Waals surface area (Å²) in [7, 11) is 2.19. The highest BCUT2D eigenvalue weighted by Crippen LogP contribution is 1.98. The van der Waals surface area contributed by atoms with Gasteiger partial charge in [-0.2, -0.15) is 0 Å². The molecular formula is C13H22N4. The molecule has 0 spiro atoms. The summed E-state index contributed by atoms with van der Waals surface area (Å²) in [6.07, 6.45) is 1.84. The zero-order valence-corrected chi connectivity index (χ0v) is 10.6. The minimum atomic E-state index is 0.870. The highest BCUT2D eigenvalue weighted by molar-refractivity contribution is 5.02. The first-order valence-corrected chi connectivity index (χ1v) is 6.36. The van der Waals surface area contributed by atoms with Crippen molar-refractivity contribution in [2.24, 2.45) is 0 Å². The smallest absolute Gasteiger partial charge is 0.0541 e. The van der Waals surface area contributed by atoms with Crippen molar-refractivity contribution < 1.29 is 0 Å². The fraction of sp³-hybridized carbons (Fsp3) is 0.615. The lowest BCUT2D eigenvalue weighted by atomic mass is 10.3. The van der Waals surface area contributed by atoms with Crippen molar-refractivity contribution in [2.45, 2.75) is 6.54 Å². The summed E-state index contributed by atoms with van der Waals surface area (Å²) in [5.74, 6) is 0. The summed E-state index contributed by atoms with van der Waals surface area (Å²) < 4.78 is 0. The number of nitrogens with zero attached hydrogens (tertiary/aromatic N) is 3. The zero-order chi connectivity index (χ0) is 11.9. The number of rotatable bonds is 5. The number of hydrogen-bond acceptors (Lipinski definition) is 4. The Morgan fingerprint density at radius 3 is 2.76 bits per heavy atom. The summed E-state index contributed by atoms with van der Waals surface area (Å²) in [5, 5.41) is 3.44. The molecule has 2 heterocycles. The third-order valence-electron chi connectivity index (χ3n) is 3.23. The Labute approximate surface area is 104 Å². The van der Waals surface area contributed by atoms with E-state index in [9.17, 15) is 0 Å². The Morgan fingerprint density at radius 1 is 1.24 bits per heavy atom. The van der Waals surface area contributed by atoms with Gasteiger partial charge in [0, 0.05) is 52.0 Å². The van der Waals surface area contributed by atoms with Gasteiger partial charge in [0.05, 0.1) is 5.69 Å². The first-order chi connectivity index (χ1) is 8.34. The molecule has 4 nitrogen and oxygen atoms in total. The maximum atomic E-state index is 4.29. The highest BCUT2D eigenvalue weighted by Gasteiger charge is 2.12. The second kappa shape index (κ2) is 6.69. The van der Waals surface area contributed by atoms with Crippen LogP contribution in [0, 0.1) is 0 Å². The molecule has 4 heteroatoms. The van der Waals surface area contributed by atoms with Gasteiger partial charge in [0.2, 0.25) is 0 Å². The summed E-state index contributed by atoms with van der Waals surface area (Å²) in [5.41, 5.74) is 1.12. The van der Waals surface area contributed by atoms with Crippen LogP contribution in [0.1, 0.15) is 5.69 Å². The van der Waals surface area contributed by atoms with Crippen LogP contribution < -0.4 is 5.32 Å². The predicted octanol–water partition coefficient (Wildman–Crippen LogP) is 0.419. The number of aromatic nitrogens is 1. The maximum Gasteiger partial charge on any atom is 0.0541 e. The van der Waals surface area contributed by atoms with Gasteiger partial charge in [-0.3, -0.25) is 9.88 Å². The molecule has 1 aromatic heterocycles. The van der Waals surface area contributed by atoms with Gasteiger partial charge >= 0.3 is 0 Å². The fourth-order valence-corrected chi connectivity index (χ4v) is 2.03. The normalized spacial score (nSPS) is 18.4. The lowest BCUT2D eigenvalue weighted by Gasteiger charge is -2.32. The van der Waals surface area contributed by atoms with Gasteiger partial charge in [-0.15, -0.1) is 0 Å². The fourth-order valence-electron chi connectivity index (χ4n) is 2.03. The van der Waals surface area contributed by atoms with Crippen molar-refractivity contribution in [2.75, 3.05) is 46.3 Å². The van der Waals surface area contributed by atoms with Crippen LogP contribution in [0.15, 0.2) is 24.4 Å².